The molecule has 3 rings (SSSR count). The molecule has 1 N–H and O–H groups in total. The minimum atomic E-state index is -0.486. The molecule has 25 heavy (non-hydrogen) atoms. The molecule has 2 aliphatic rings. The summed E-state index contributed by atoms with van der Waals surface area (Å²) >= 11 is 1.49. The zero-order valence-electron chi connectivity index (χ0n) is 14.2. The topological polar surface area (TPSA) is 93.1 Å². The van der Waals surface area contributed by atoms with Gasteiger partial charge in [-0.05, 0) is 6.92 Å². The predicted octanol–water partition coefficient (Wildman–Crippen LogP) is 1.19. The lowest BCUT2D eigenvalue weighted by Gasteiger charge is -2.27. The molecule has 1 saturated heterocycles. The van der Waals surface area contributed by atoms with E-state index < -0.39 is 6.09 Å². The Kier molecular flexibility index (Phi) is 5.44. The third kappa shape index (κ3) is 3.72. The molecule has 0 saturated carbocycles. The van der Waals surface area contributed by atoms with Gasteiger partial charge in [0.05, 0.1) is 19.7 Å². The number of thiazole rings is 1. The number of fused-ring (bicyclic) bond motifs is 1. The van der Waals surface area contributed by atoms with E-state index in [1.807, 2.05) is 17.2 Å². The molecule has 1 fully saturated rings. The molecule has 134 valence electrons. The van der Waals surface area contributed by atoms with Crippen LogP contribution in [0, 0.1) is 0 Å². The van der Waals surface area contributed by atoms with Crippen LogP contribution in [0.5, 0.6) is 0 Å². The largest absolute Gasteiger partial charge is 0.453 e. The first-order chi connectivity index (χ1) is 12.1. The first kappa shape index (κ1) is 17.6. The number of methoxy groups -OCH3 is 1. The summed E-state index contributed by atoms with van der Waals surface area (Å²) in [6, 6.07) is -0.152. The Morgan fingerprint density at radius 3 is 3.00 bits per heavy atom. The van der Waals surface area contributed by atoms with Gasteiger partial charge in [0, 0.05) is 42.4 Å². The van der Waals surface area contributed by atoms with Crippen molar-refractivity contribution >= 4 is 29.0 Å². The van der Waals surface area contributed by atoms with Crippen molar-refractivity contribution in [3.8, 4) is 0 Å². The maximum Gasteiger partial charge on any atom is 0.407 e. The summed E-state index contributed by atoms with van der Waals surface area (Å²) in [7, 11) is 1.33. The number of amides is 1. The van der Waals surface area contributed by atoms with E-state index >= 15 is 0 Å². The Bertz CT molecular complexity index is 714. The van der Waals surface area contributed by atoms with Crippen LogP contribution in [0.3, 0.4) is 0 Å². The average Bonchev–Trinajstić information content (AvgIpc) is 3.28. The van der Waals surface area contributed by atoms with E-state index in [0.29, 0.717) is 31.7 Å². The van der Waals surface area contributed by atoms with Crippen LogP contribution in [0.1, 0.15) is 18.4 Å². The summed E-state index contributed by atoms with van der Waals surface area (Å²) < 4.78 is 9.93. The van der Waals surface area contributed by atoms with Crippen LogP contribution in [0.2, 0.25) is 0 Å². The van der Waals surface area contributed by atoms with Crippen LogP contribution in [-0.2, 0) is 14.3 Å². The van der Waals surface area contributed by atoms with Crippen molar-refractivity contribution in [3.05, 3.63) is 27.9 Å². The van der Waals surface area contributed by atoms with Gasteiger partial charge in [-0.2, -0.15) is 0 Å². The Morgan fingerprint density at radius 1 is 1.48 bits per heavy atom. The Morgan fingerprint density at radius 2 is 2.32 bits per heavy atom. The highest BCUT2D eigenvalue weighted by Crippen LogP contribution is 2.31. The van der Waals surface area contributed by atoms with Gasteiger partial charge in [0.25, 0.3) is 0 Å². The fraction of sp³-hybridized carbons (Fsp3) is 0.500. The third-order valence-electron chi connectivity index (χ3n) is 4.06. The van der Waals surface area contributed by atoms with Crippen LogP contribution in [0.4, 0.5) is 4.79 Å². The molecule has 2 aliphatic heterocycles. The second kappa shape index (κ2) is 7.75. The molecule has 1 unspecified atom stereocenters. The molecular formula is C16H20N4O4S. The molecule has 0 aliphatic carbocycles. The van der Waals surface area contributed by atoms with Gasteiger partial charge in [-0.1, -0.05) is 0 Å². The number of nitrogens with zero attached hydrogens (tertiary/aromatic N) is 3. The SMILES string of the molecule is CCOCC(=O)C1=C2CC(NC(=O)OC)CN2C(c2nccs2)=NC1. The van der Waals surface area contributed by atoms with E-state index in [0.717, 1.165) is 16.5 Å². The summed E-state index contributed by atoms with van der Waals surface area (Å²) in [6.07, 6.45) is 1.79. The summed E-state index contributed by atoms with van der Waals surface area (Å²) in [5, 5.41) is 5.49. The second-order valence-electron chi connectivity index (χ2n) is 5.61. The van der Waals surface area contributed by atoms with Crippen LogP contribution in [-0.4, -0.2) is 67.1 Å². The first-order valence-electron chi connectivity index (χ1n) is 8.03. The Balaban J connectivity index is 1.86. The van der Waals surface area contributed by atoms with Gasteiger partial charge in [0.1, 0.15) is 6.61 Å². The number of rotatable bonds is 6. The highest BCUT2D eigenvalue weighted by atomic mass is 32.1. The highest BCUT2D eigenvalue weighted by molar-refractivity contribution is 7.11. The van der Waals surface area contributed by atoms with Gasteiger partial charge in [-0.15, -0.1) is 11.3 Å². The highest BCUT2D eigenvalue weighted by Gasteiger charge is 2.37. The smallest absolute Gasteiger partial charge is 0.407 e. The first-order valence-corrected chi connectivity index (χ1v) is 8.91. The van der Waals surface area contributed by atoms with Crippen LogP contribution < -0.4 is 5.32 Å². The van der Waals surface area contributed by atoms with E-state index in [4.69, 9.17) is 4.74 Å². The lowest BCUT2D eigenvalue weighted by atomic mass is 10.1. The maximum atomic E-state index is 12.5. The molecule has 0 radical (unpaired) electrons. The van der Waals surface area contributed by atoms with Gasteiger partial charge in [0.15, 0.2) is 16.6 Å². The Labute approximate surface area is 149 Å². The number of hydrogen-bond donors (Lipinski definition) is 1. The minimum absolute atomic E-state index is 0.0420. The molecule has 0 spiro atoms. The van der Waals surface area contributed by atoms with Crippen LogP contribution in [0.25, 0.3) is 0 Å². The quantitative estimate of drug-likeness (QED) is 0.815. The van der Waals surface area contributed by atoms with E-state index in [9.17, 15) is 9.59 Å². The number of ether oxygens (including phenoxy) is 2. The summed E-state index contributed by atoms with van der Waals surface area (Å²) in [6.45, 7) is 3.20. The summed E-state index contributed by atoms with van der Waals surface area (Å²) in [4.78, 5) is 34.9. The lowest BCUT2D eigenvalue weighted by Crippen LogP contribution is -2.39. The van der Waals surface area contributed by atoms with Gasteiger partial charge in [-0.25, -0.2) is 9.78 Å². The predicted molar refractivity (Wildman–Crippen MR) is 92.7 cm³/mol. The zero-order valence-corrected chi connectivity index (χ0v) is 15.0. The van der Waals surface area contributed by atoms with Gasteiger partial charge in [-0.3, -0.25) is 9.79 Å². The summed E-state index contributed by atoms with van der Waals surface area (Å²) in [5.41, 5.74) is 1.52. The number of hydrogen-bond acceptors (Lipinski definition) is 8. The van der Waals surface area contributed by atoms with Crippen molar-refractivity contribution in [2.24, 2.45) is 4.99 Å². The average molecular weight is 364 g/mol. The molecule has 3 heterocycles. The van der Waals surface area contributed by atoms with Crippen molar-refractivity contribution in [1.82, 2.24) is 15.2 Å². The number of carbonyl (C=O) groups is 2. The molecule has 0 aromatic carbocycles. The van der Waals surface area contributed by atoms with E-state index in [1.54, 1.807) is 6.20 Å². The van der Waals surface area contributed by atoms with Crippen molar-refractivity contribution < 1.29 is 19.1 Å². The normalized spacial score (nSPS) is 19.5. The fourth-order valence-corrected chi connectivity index (χ4v) is 3.59. The minimum Gasteiger partial charge on any atom is -0.453 e. The van der Waals surface area contributed by atoms with E-state index in [-0.39, 0.29) is 18.4 Å². The molecule has 1 aromatic heterocycles. The number of carbonyl (C=O) groups excluding carboxylic acids is 2. The monoisotopic (exact) mass is 364 g/mol. The van der Waals surface area contributed by atoms with E-state index in [2.05, 4.69) is 20.0 Å². The van der Waals surface area contributed by atoms with Crippen LogP contribution in [0.15, 0.2) is 27.8 Å². The molecule has 9 heteroatoms. The number of aromatic nitrogens is 1. The maximum absolute atomic E-state index is 12.5. The van der Waals surface area contributed by atoms with E-state index in [1.165, 1.54) is 18.4 Å². The molecule has 1 aromatic rings. The van der Waals surface area contributed by atoms with Crippen molar-refractivity contribution in [2.75, 3.05) is 33.4 Å². The van der Waals surface area contributed by atoms with Crippen molar-refractivity contribution in [1.29, 1.82) is 0 Å². The number of ketones is 1. The number of aliphatic imine (C=N–C) groups is 1. The summed E-state index contributed by atoms with van der Waals surface area (Å²) in [5.74, 6) is 0.676. The standard InChI is InChI=1S/C16H20N4O4S/c1-3-24-9-13(21)11-7-18-14(15-17-4-5-25-15)20-8-10(6-12(11)20)19-16(22)23-2/h4-5,10H,3,6-9H2,1-2H3,(H,19,22). The number of Topliss-reactive ketones (excluding diaryl/α,β-unsaturated/α-hetero) is 1. The second-order valence-corrected chi connectivity index (χ2v) is 6.50. The number of nitrogens with one attached hydrogen (secondary N) is 1. The van der Waals surface area contributed by atoms with Gasteiger partial charge >= 0.3 is 6.09 Å². The lowest BCUT2D eigenvalue weighted by molar-refractivity contribution is -0.119. The van der Waals surface area contributed by atoms with Crippen molar-refractivity contribution in [2.45, 2.75) is 19.4 Å². The fourth-order valence-electron chi connectivity index (χ4n) is 2.94. The number of alkyl carbamates (subject to hydrolysis) is 1. The van der Waals surface area contributed by atoms with Crippen LogP contribution >= 0.6 is 11.3 Å². The number of amidine groups is 1. The molecular weight excluding hydrogens is 344 g/mol. The van der Waals surface area contributed by atoms with Gasteiger partial charge in [0.2, 0.25) is 0 Å². The molecule has 1 amide bonds. The third-order valence-corrected chi connectivity index (χ3v) is 4.83. The van der Waals surface area contributed by atoms with Gasteiger partial charge < -0.3 is 19.7 Å². The molecule has 8 nitrogen and oxygen atoms in total. The Hall–Kier alpha value is -2.26. The molecule has 1 atom stereocenters. The molecule has 0 bridgehead atoms. The van der Waals surface area contributed by atoms with Crippen molar-refractivity contribution in [3.63, 3.8) is 0 Å². The zero-order chi connectivity index (χ0) is 17.8.